The maximum Gasteiger partial charge on any atom is 0.275 e. The number of halogens is 2. The molecule has 2 aliphatic rings. The Morgan fingerprint density at radius 1 is 1.29 bits per heavy atom. The van der Waals surface area contributed by atoms with Crippen molar-refractivity contribution >= 4 is 33.7 Å². The van der Waals surface area contributed by atoms with E-state index < -0.39 is 0 Å². The third-order valence-electron chi connectivity index (χ3n) is 7.81. The van der Waals surface area contributed by atoms with E-state index >= 15 is 0 Å². The van der Waals surface area contributed by atoms with E-state index in [4.69, 9.17) is 11.6 Å². The highest BCUT2D eigenvalue weighted by molar-refractivity contribution is 6.35. The topological polar surface area (TPSA) is 71.6 Å². The summed E-state index contributed by atoms with van der Waals surface area (Å²) >= 11 is 6.35. The number of hydrogen-bond acceptors (Lipinski definition) is 6. The quantitative estimate of drug-likeness (QED) is 0.409. The monoisotopic (exact) mass is 495 g/mol. The lowest BCUT2D eigenvalue weighted by atomic mass is 9.60. The molecule has 4 heterocycles. The van der Waals surface area contributed by atoms with Crippen molar-refractivity contribution in [1.29, 1.82) is 0 Å². The molecule has 0 atom stereocenters. The fourth-order valence-electron chi connectivity index (χ4n) is 5.89. The van der Waals surface area contributed by atoms with Crippen molar-refractivity contribution in [1.82, 2.24) is 29.3 Å². The average molecular weight is 496 g/mol. The number of benzene rings is 1. The van der Waals surface area contributed by atoms with Gasteiger partial charge in [0.1, 0.15) is 12.1 Å². The maximum absolute atomic E-state index is 14.3. The highest BCUT2D eigenvalue weighted by Gasteiger charge is 2.53. The van der Waals surface area contributed by atoms with E-state index in [1.807, 2.05) is 6.07 Å². The van der Waals surface area contributed by atoms with Gasteiger partial charge in [-0.2, -0.15) is 5.10 Å². The Kier molecular flexibility index (Phi) is 5.30. The average Bonchev–Trinajstić information content (AvgIpc) is 3.23. The Morgan fingerprint density at radius 2 is 2.09 bits per heavy atom. The molecular weight excluding hydrogens is 469 g/mol. The summed E-state index contributed by atoms with van der Waals surface area (Å²) < 4.78 is 17.2. The van der Waals surface area contributed by atoms with Gasteiger partial charge in [-0.15, -0.1) is 10.2 Å². The number of anilines is 1. The van der Waals surface area contributed by atoms with Crippen molar-refractivity contribution in [3.05, 3.63) is 63.7 Å². The van der Waals surface area contributed by atoms with Gasteiger partial charge in [-0.25, -0.2) is 9.07 Å². The Hall–Kier alpha value is -3.04. The molecule has 10 heteroatoms. The second-order valence-electron chi connectivity index (χ2n) is 10.2. The molecule has 6 rings (SSSR count). The Bertz CT molecular complexity index is 1480. The highest BCUT2D eigenvalue weighted by Crippen LogP contribution is 2.51. The number of fused-ring (bicyclic) bond motifs is 2. The number of aromatic nitrogens is 5. The third kappa shape index (κ3) is 3.77. The molecular formula is C25H27ClFN7O. The number of rotatable bonds is 6. The molecule has 4 aromatic rings. The van der Waals surface area contributed by atoms with Crippen LogP contribution in [0.15, 0.2) is 41.7 Å². The molecule has 3 aromatic heterocycles. The zero-order valence-electron chi connectivity index (χ0n) is 19.8. The molecule has 0 N–H and O–H groups in total. The first-order chi connectivity index (χ1) is 16.8. The Labute approximate surface area is 206 Å². The van der Waals surface area contributed by atoms with Crippen molar-refractivity contribution in [3.63, 3.8) is 0 Å². The number of hydrogen-bond donors (Lipinski definition) is 0. The van der Waals surface area contributed by atoms with Crippen LogP contribution in [0, 0.1) is 11.2 Å². The molecule has 0 unspecified atom stereocenters. The highest BCUT2D eigenvalue weighted by atomic mass is 35.5. The standard InChI is InChI=1S/C25H27ClFN7O/c1-31(21-6-5-19(26)23-18(21)11-29-32(2)24(23)35)17-9-25(10-17)13-33(14-25)7-3-4-16-8-22-30-28-15-34(22)12-20(16)27/h5-6,8,11-12,15,17H,3-4,7,9-10,13-14H2,1-2H3. The normalized spacial score (nSPS) is 17.7. The van der Waals surface area contributed by atoms with E-state index in [2.05, 4.69) is 32.1 Å². The molecule has 1 saturated carbocycles. The van der Waals surface area contributed by atoms with E-state index in [0.717, 1.165) is 50.0 Å². The molecule has 182 valence electrons. The first kappa shape index (κ1) is 22.4. The van der Waals surface area contributed by atoms with E-state index in [1.54, 1.807) is 29.8 Å². The Balaban J connectivity index is 1.04. The maximum atomic E-state index is 14.3. The van der Waals surface area contributed by atoms with Crippen LogP contribution in [0.2, 0.25) is 5.02 Å². The van der Waals surface area contributed by atoms with Gasteiger partial charge in [0.05, 0.1) is 16.6 Å². The minimum atomic E-state index is -0.204. The van der Waals surface area contributed by atoms with Crippen LogP contribution >= 0.6 is 11.6 Å². The number of pyridine rings is 1. The van der Waals surface area contributed by atoms with Crippen molar-refractivity contribution < 1.29 is 4.39 Å². The molecule has 1 aromatic carbocycles. The molecule has 8 nitrogen and oxygen atoms in total. The van der Waals surface area contributed by atoms with Gasteiger partial charge in [-0.05, 0) is 61.4 Å². The van der Waals surface area contributed by atoms with Crippen molar-refractivity contribution in [3.8, 4) is 0 Å². The van der Waals surface area contributed by atoms with Crippen LogP contribution < -0.4 is 10.5 Å². The van der Waals surface area contributed by atoms with Gasteiger partial charge in [-0.3, -0.25) is 9.20 Å². The van der Waals surface area contributed by atoms with Gasteiger partial charge in [0, 0.05) is 50.5 Å². The van der Waals surface area contributed by atoms with Crippen LogP contribution in [0.4, 0.5) is 10.1 Å². The molecule has 0 radical (unpaired) electrons. The van der Waals surface area contributed by atoms with Gasteiger partial charge in [0.2, 0.25) is 0 Å². The zero-order valence-corrected chi connectivity index (χ0v) is 20.5. The Morgan fingerprint density at radius 3 is 2.89 bits per heavy atom. The van der Waals surface area contributed by atoms with Gasteiger partial charge < -0.3 is 9.80 Å². The first-order valence-electron chi connectivity index (χ1n) is 11.9. The van der Waals surface area contributed by atoms with E-state index in [1.165, 1.54) is 17.2 Å². The molecule has 0 bridgehead atoms. The van der Waals surface area contributed by atoms with E-state index in [-0.39, 0.29) is 11.4 Å². The molecule has 35 heavy (non-hydrogen) atoms. The molecule has 1 aliphatic carbocycles. The van der Waals surface area contributed by atoms with Crippen LogP contribution in [0.5, 0.6) is 0 Å². The van der Waals surface area contributed by atoms with Crippen LogP contribution in [0.3, 0.4) is 0 Å². The molecule has 2 fully saturated rings. The summed E-state index contributed by atoms with van der Waals surface area (Å²) in [6.45, 7) is 3.15. The molecule has 0 amide bonds. The van der Waals surface area contributed by atoms with Crippen LogP contribution in [0.1, 0.15) is 24.8 Å². The second kappa shape index (κ2) is 8.27. The number of nitrogens with zero attached hydrogens (tertiary/aromatic N) is 7. The first-order valence-corrected chi connectivity index (χ1v) is 12.3. The summed E-state index contributed by atoms with van der Waals surface area (Å²) in [6, 6.07) is 6.01. The van der Waals surface area contributed by atoms with E-state index in [9.17, 15) is 9.18 Å². The van der Waals surface area contributed by atoms with Gasteiger partial charge >= 0.3 is 0 Å². The number of aryl methyl sites for hydroxylation is 2. The second-order valence-corrected chi connectivity index (χ2v) is 10.6. The predicted octanol–water partition coefficient (Wildman–Crippen LogP) is 3.30. The van der Waals surface area contributed by atoms with Crippen molar-refractivity contribution in [2.24, 2.45) is 12.5 Å². The summed E-state index contributed by atoms with van der Waals surface area (Å²) in [6.07, 6.45) is 8.56. The van der Waals surface area contributed by atoms with Crippen LogP contribution in [-0.2, 0) is 13.5 Å². The summed E-state index contributed by atoms with van der Waals surface area (Å²) in [7, 11) is 3.73. The minimum Gasteiger partial charge on any atom is -0.371 e. The van der Waals surface area contributed by atoms with Gasteiger partial charge in [0.25, 0.3) is 5.56 Å². The van der Waals surface area contributed by atoms with Crippen LogP contribution in [-0.4, -0.2) is 62.0 Å². The SMILES string of the molecule is CN(c1ccc(Cl)c2c(=O)n(C)ncc12)C1CC2(C1)CN(CCCc1cc3nncn3cc1F)C2. The van der Waals surface area contributed by atoms with Crippen LogP contribution in [0.25, 0.3) is 16.4 Å². The summed E-state index contributed by atoms with van der Waals surface area (Å²) in [4.78, 5) is 17.3. The van der Waals surface area contributed by atoms with Gasteiger partial charge in [0.15, 0.2) is 5.65 Å². The summed E-state index contributed by atoms with van der Waals surface area (Å²) in [5.74, 6) is -0.204. The number of likely N-dealkylation sites (tertiary alicyclic amines) is 1. The smallest absolute Gasteiger partial charge is 0.275 e. The summed E-state index contributed by atoms with van der Waals surface area (Å²) in [5.41, 5.74) is 2.58. The third-order valence-corrected chi connectivity index (χ3v) is 8.12. The lowest BCUT2D eigenvalue weighted by Gasteiger charge is -2.61. The largest absolute Gasteiger partial charge is 0.371 e. The van der Waals surface area contributed by atoms with Crippen molar-refractivity contribution in [2.75, 3.05) is 31.6 Å². The molecule has 1 spiro atoms. The van der Waals surface area contributed by atoms with Crippen molar-refractivity contribution in [2.45, 2.75) is 31.7 Å². The van der Waals surface area contributed by atoms with E-state index in [0.29, 0.717) is 39.5 Å². The predicted molar refractivity (Wildman–Crippen MR) is 134 cm³/mol. The fourth-order valence-corrected chi connectivity index (χ4v) is 6.14. The fraction of sp³-hybridized carbons (Fsp3) is 0.440. The zero-order chi connectivity index (χ0) is 24.3. The minimum absolute atomic E-state index is 0.177. The lowest BCUT2D eigenvalue weighted by molar-refractivity contribution is -0.0714. The molecule has 1 aliphatic heterocycles. The summed E-state index contributed by atoms with van der Waals surface area (Å²) in [5, 5.41) is 13.8. The van der Waals surface area contributed by atoms with Gasteiger partial charge in [-0.1, -0.05) is 11.6 Å². The lowest BCUT2D eigenvalue weighted by Crippen LogP contribution is -2.66. The molecule has 1 saturated heterocycles.